The van der Waals surface area contributed by atoms with Gasteiger partial charge in [0, 0.05) is 11.4 Å². The van der Waals surface area contributed by atoms with Crippen LogP contribution in [-0.2, 0) is 6.42 Å². The molecule has 1 N–H and O–H groups in total. The Kier molecular flexibility index (Phi) is 4.96. The Hall–Kier alpha value is -0.910. The van der Waals surface area contributed by atoms with E-state index in [1.165, 1.54) is 17.0 Å². The maximum Gasteiger partial charge on any atom is 0.252 e. The summed E-state index contributed by atoms with van der Waals surface area (Å²) in [5.74, 6) is -0.745. The van der Waals surface area contributed by atoms with Gasteiger partial charge >= 0.3 is 0 Å². The van der Waals surface area contributed by atoms with Gasteiger partial charge in [0.05, 0.1) is 14.4 Å². The van der Waals surface area contributed by atoms with E-state index in [0.717, 1.165) is 16.3 Å². The first-order valence-corrected chi connectivity index (χ1v) is 7.52. The molecule has 1 aromatic carbocycles. The number of amides is 1. The van der Waals surface area contributed by atoms with E-state index in [4.69, 9.17) is 11.6 Å². The van der Waals surface area contributed by atoms with E-state index in [2.05, 4.69) is 21.2 Å². The SMILES string of the molecule is O=C(NCCc1ccc(Br)s1)c1ccc(F)cc1Cl. The normalized spacial score (nSPS) is 10.5. The van der Waals surface area contributed by atoms with Crippen LogP contribution in [0.1, 0.15) is 15.2 Å². The molecular formula is C13H10BrClFNOS. The van der Waals surface area contributed by atoms with Crippen LogP contribution < -0.4 is 5.32 Å². The molecule has 2 rings (SSSR count). The third-order valence-electron chi connectivity index (χ3n) is 2.46. The lowest BCUT2D eigenvalue weighted by molar-refractivity contribution is 0.0954. The Bertz CT molecular complexity index is 602. The summed E-state index contributed by atoms with van der Waals surface area (Å²) in [6.07, 6.45) is 0.751. The third kappa shape index (κ3) is 4.03. The van der Waals surface area contributed by atoms with Gasteiger partial charge in [-0.15, -0.1) is 11.3 Å². The molecule has 19 heavy (non-hydrogen) atoms. The molecule has 0 spiro atoms. The standard InChI is InChI=1S/C13H10BrClFNOS/c14-12-4-2-9(19-12)5-6-17-13(18)10-3-1-8(16)7-11(10)15/h1-4,7H,5-6H2,(H,17,18). The predicted molar refractivity (Wildman–Crippen MR) is 79.5 cm³/mol. The maximum absolute atomic E-state index is 12.9. The first-order valence-electron chi connectivity index (χ1n) is 5.54. The molecule has 1 heterocycles. The van der Waals surface area contributed by atoms with Crippen molar-refractivity contribution in [3.05, 3.63) is 55.4 Å². The maximum atomic E-state index is 12.9. The number of hydrogen-bond acceptors (Lipinski definition) is 2. The monoisotopic (exact) mass is 361 g/mol. The lowest BCUT2D eigenvalue weighted by Gasteiger charge is -2.06. The third-order valence-corrected chi connectivity index (χ3v) is 4.46. The molecule has 0 fully saturated rings. The summed E-state index contributed by atoms with van der Waals surface area (Å²) < 4.78 is 13.9. The molecule has 0 aliphatic rings. The van der Waals surface area contributed by atoms with Crippen LogP contribution in [0.5, 0.6) is 0 Å². The van der Waals surface area contributed by atoms with Gasteiger partial charge in [0.25, 0.3) is 5.91 Å². The van der Waals surface area contributed by atoms with Gasteiger partial charge in [-0.25, -0.2) is 4.39 Å². The highest BCUT2D eigenvalue weighted by Gasteiger charge is 2.10. The van der Waals surface area contributed by atoms with Crippen molar-refractivity contribution in [1.29, 1.82) is 0 Å². The fourth-order valence-corrected chi connectivity index (χ4v) is 3.29. The molecule has 2 aromatic rings. The molecule has 6 heteroatoms. The fraction of sp³-hybridized carbons (Fsp3) is 0.154. The lowest BCUT2D eigenvalue weighted by Crippen LogP contribution is -2.25. The molecule has 0 bridgehead atoms. The summed E-state index contributed by atoms with van der Waals surface area (Å²) in [5, 5.41) is 2.88. The molecule has 1 aromatic heterocycles. The molecule has 0 atom stereocenters. The average molecular weight is 363 g/mol. The van der Waals surface area contributed by atoms with Crippen molar-refractivity contribution in [2.45, 2.75) is 6.42 Å². The Balaban J connectivity index is 1.90. The summed E-state index contributed by atoms with van der Waals surface area (Å²) in [4.78, 5) is 13.0. The summed E-state index contributed by atoms with van der Waals surface area (Å²) in [6, 6.07) is 7.71. The molecule has 0 radical (unpaired) electrons. The molecule has 100 valence electrons. The average Bonchev–Trinajstić information content (AvgIpc) is 2.75. The number of rotatable bonds is 4. The van der Waals surface area contributed by atoms with Gasteiger partial charge in [-0.3, -0.25) is 4.79 Å². The smallest absolute Gasteiger partial charge is 0.252 e. The number of carbonyl (C=O) groups excluding carboxylic acids is 1. The minimum absolute atomic E-state index is 0.122. The molecule has 2 nitrogen and oxygen atoms in total. The van der Waals surface area contributed by atoms with Crippen LogP contribution in [0, 0.1) is 5.82 Å². The molecular weight excluding hydrogens is 353 g/mol. The minimum Gasteiger partial charge on any atom is -0.352 e. The fourth-order valence-electron chi connectivity index (χ4n) is 1.55. The van der Waals surface area contributed by atoms with Crippen molar-refractivity contribution in [3.63, 3.8) is 0 Å². The highest BCUT2D eigenvalue weighted by Crippen LogP contribution is 2.22. The van der Waals surface area contributed by atoms with E-state index >= 15 is 0 Å². The number of carbonyl (C=O) groups is 1. The molecule has 0 aliphatic heterocycles. The van der Waals surface area contributed by atoms with Gasteiger partial charge in [-0.05, 0) is 52.7 Å². The minimum atomic E-state index is -0.454. The highest BCUT2D eigenvalue weighted by molar-refractivity contribution is 9.11. The second-order valence-electron chi connectivity index (χ2n) is 3.84. The topological polar surface area (TPSA) is 29.1 Å². The first kappa shape index (κ1) is 14.5. The van der Waals surface area contributed by atoms with E-state index in [0.29, 0.717) is 6.54 Å². The zero-order valence-corrected chi connectivity index (χ0v) is 12.9. The number of benzene rings is 1. The lowest BCUT2D eigenvalue weighted by atomic mass is 10.2. The van der Waals surface area contributed by atoms with Crippen LogP contribution in [0.15, 0.2) is 34.1 Å². The van der Waals surface area contributed by atoms with E-state index in [9.17, 15) is 9.18 Å². The molecule has 0 aliphatic carbocycles. The molecule has 0 unspecified atom stereocenters. The second-order valence-corrected chi connectivity index (χ2v) is 6.79. The Labute approximate surface area is 127 Å². The zero-order chi connectivity index (χ0) is 13.8. The summed E-state index contributed by atoms with van der Waals surface area (Å²) >= 11 is 10.8. The van der Waals surface area contributed by atoms with E-state index < -0.39 is 5.82 Å². The van der Waals surface area contributed by atoms with Gasteiger partial charge in [0.15, 0.2) is 0 Å². The van der Waals surface area contributed by atoms with Crippen molar-refractivity contribution in [3.8, 4) is 0 Å². The highest BCUT2D eigenvalue weighted by atomic mass is 79.9. The molecule has 0 saturated heterocycles. The number of halogens is 3. The van der Waals surface area contributed by atoms with E-state index in [1.54, 1.807) is 11.3 Å². The van der Waals surface area contributed by atoms with Crippen molar-refractivity contribution in [2.75, 3.05) is 6.54 Å². The van der Waals surface area contributed by atoms with Crippen LogP contribution in [0.4, 0.5) is 4.39 Å². The van der Waals surface area contributed by atoms with Gasteiger partial charge in [-0.2, -0.15) is 0 Å². The first-order chi connectivity index (χ1) is 9.06. The van der Waals surface area contributed by atoms with Gasteiger partial charge in [0.2, 0.25) is 0 Å². The predicted octanol–water partition coefficient (Wildman–Crippen LogP) is 4.28. The van der Waals surface area contributed by atoms with Crippen LogP contribution in [0.2, 0.25) is 5.02 Å². The van der Waals surface area contributed by atoms with Crippen molar-refractivity contribution in [2.24, 2.45) is 0 Å². The zero-order valence-electron chi connectivity index (χ0n) is 9.75. The van der Waals surface area contributed by atoms with Crippen LogP contribution in [0.25, 0.3) is 0 Å². The summed E-state index contributed by atoms with van der Waals surface area (Å²) in [5.41, 5.74) is 0.287. The van der Waals surface area contributed by atoms with Crippen LogP contribution in [-0.4, -0.2) is 12.5 Å². The van der Waals surface area contributed by atoms with Crippen molar-refractivity contribution < 1.29 is 9.18 Å². The van der Waals surface area contributed by atoms with Crippen LogP contribution in [0.3, 0.4) is 0 Å². The Morgan fingerprint density at radius 1 is 1.37 bits per heavy atom. The number of hydrogen-bond donors (Lipinski definition) is 1. The quantitative estimate of drug-likeness (QED) is 0.864. The Morgan fingerprint density at radius 2 is 2.16 bits per heavy atom. The van der Waals surface area contributed by atoms with Crippen LogP contribution >= 0.6 is 38.9 Å². The van der Waals surface area contributed by atoms with E-state index in [-0.39, 0.29) is 16.5 Å². The van der Waals surface area contributed by atoms with Gasteiger partial charge in [-0.1, -0.05) is 11.6 Å². The van der Waals surface area contributed by atoms with Gasteiger partial charge in [0.1, 0.15) is 5.82 Å². The van der Waals surface area contributed by atoms with E-state index in [1.807, 2.05) is 12.1 Å². The summed E-state index contributed by atoms with van der Waals surface area (Å²) in [6.45, 7) is 0.513. The van der Waals surface area contributed by atoms with Gasteiger partial charge < -0.3 is 5.32 Å². The number of thiophene rings is 1. The summed E-state index contributed by atoms with van der Waals surface area (Å²) in [7, 11) is 0. The van der Waals surface area contributed by atoms with Crippen molar-refractivity contribution >= 4 is 44.8 Å². The molecule has 1 amide bonds. The van der Waals surface area contributed by atoms with Crippen molar-refractivity contribution in [1.82, 2.24) is 5.32 Å². The largest absolute Gasteiger partial charge is 0.352 e. The Morgan fingerprint density at radius 3 is 2.79 bits per heavy atom. The second kappa shape index (κ2) is 6.50. The number of nitrogens with one attached hydrogen (secondary N) is 1. The molecule has 0 saturated carbocycles.